The average Bonchev–Trinajstić information content (AvgIpc) is 2.32. The van der Waals surface area contributed by atoms with E-state index in [1.165, 1.54) is 16.7 Å². The van der Waals surface area contributed by atoms with E-state index in [1.54, 1.807) is 20.2 Å². The minimum Gasteiger partial charge on any atom is -0.508 e. The molecule has 6 nitrogen and oxygen atoms in total. The monoisotopic (exact) mass is 235 g/mol. The Hall–Kier alpha value is -2.08. The van der Waals surface area contributed by atoms with Gasteiger partial charge in [-0.3, -0.25) is 9.36 Å². The van der Waals surface area contributed by atoms with E-state index in [0.717, 1.165) is 4.57 Å². The molecule has 17 heavy (non-hydrogen) atoms. The molecule has 0 amide bonds. The van der Waals surface area contributed by atoms with Crippen molar-refractivity contribution in [2.24, 2.45) is 7.05 Å². The zero-order valence-corrected chi connectivity index (χ0v) is 9.60. The van der Waals surface area contributed by atoms with Crippen LogP contribution < -0.4 is 16.6 Å². The van der Waals surface area contributed by atoms with Crippen LogP contribution in [0.1, 0.15) is 0 Å². The normalized spacial score (nSPS) is 10.9. The van der Waals surface area contributed by atoms with E-state index in [9.17, 15) is 14.7 Å². The van der Waals surface area contributed by atoms with E-state index >= 15 is 0 Å². The quantitative estimate of drug-likeness (QED) is 0.741. The highest BCUT2D eigenvalue weighted by molar-refractivity contribution is 5.79. The Labute approximate surface area is 96.7 Å². The Kier molecular flexibility index (Phi) is 2.72. The maximum Gasteiger partial charge on any atom is 0.332 e. The van der Waals surface area contributed by atoms with Gasteiger partial charge in [0.2, 0.25) is 0 Å². The molecule has 0 spiro atoms. The molecule has 0 aliphatic carbocycles. The zero-order chi connectivity index (χ0) is 12.6. The third kappa shape index (κ3) is 1.72. The standard InChI is InChI=1S/C11H13N3O3/c1-12-6-14-10(16)8-5-7(15)3-4-9(8)13(2)11(14)17/h3-5,12,15H,6H2,1-2H3. The summed E-state index contributed by atoms with van der Waals surface area (Å²) in [6.07, 6.45) is 0. The maximum absolute atomic E-state index is 12.0. The number of phenolic OH excluding ortho intramolecular Hbond substituents is 1. The van der Waals surface area contributed by atoms with Crippen LogP contribution in [0.2, 0.25) is 0 Å². The molecule has 1 aromatic carbocycles. The topological polar surface area (TPSA) is 76.3 Å². The molecular weight excluding hydrogens is 222 g/mol. The minimum atomic E-state index is -0.409. The molecule has 0 aliphatic rings. The fourth-order valence-corrected chi connectivity index (χ4v) is 1.80. The molecule has 0 bridgehead atoms. The first kappa shape index (κ1) is 11.4. The molecule has 0 saturated heterocycles. The second-order valence-corrected chi connectivity index (χ2v) is 3.79. The van der Waals surface area contributed by atoms with Crippen molar-refractivity contribution in [1.82, 2.24) is 14.5 Å². The van der Waals surface area contributed by atoms with Gasteiger partial charge in [0.05, 0.1) is 17.6 Å². The molecule has 0 aliphatic heterocycles. The summed E-state index contributed by atoms with van der Waals surface area (Å²) >= 11 is 0. The number of nitrogens with one attached hydrogen (secondary N) is 1. The first-order valence-electron chi connectivity index (χ1n) is 5.13. The highest BCUT2D eigenvalue weighted by Gasteiger charge is 2.10. The molecule has 0 radical (unpaired) electrons. The Bertz CT molecular complexity index is 685. The molecule has 0 unspecified atom stereocenters. The summed E-state index contributed by atoms with van der Waals surface area (Å²) in [6.45, 7) is 0.136. The summed E-state index contributed by atoms with van der Waals surface area (Å²) < 4.78 is 2.47. The van der Waals surface area contributed by atoms with Crippen LogP contribution in [0.5, 0.6) is 5.75 Å². The van der Waals surface area contributed by atoms with Gasteiger partial charge in [-0.2, -0.15) is 0 Å². The number of rotatable bonds is 2. The first-order valence-corrected chi connectivity index (χ1v) is 5.13. The molecule has 0 saturated carbocycles. The number of hydrogen-bond acceptors (Lipinski definition) is 4. The molecular formula is C11H13N3O3. The second kappa shape index (κ2) is 4.06. The number of hydrogen-bond donors (Lipinski definition) is 2. The molecule has 1 aromatic heterocycles. The molecule has 1 heterocycles. The largest absolute Gasteiger partial charge is 0.508 e. The first-order chi connectivity index (χ1) is 8.06. The van der Waals surface area contributed by atoms with Gasteiger partial charge in [0.1, 0.15) is 5.75 Å². The highest BCUT2D eigenvalue weighted by atomic mass is 16.3. The van der Waals surface area contributed by atoms with Gasteiger partial charge in [0.15, 0.2) is 0 Å². The van der Waals surface area contributed by atoms with Crippen molar-refractivity contribution < 1.29 is 5.11 Å². The third-order valence-electron chi connectivity index (χ3n) is 2.65. The fourth-order valence-electron chi connectivity index (χ4n) is 1.80. The Balaban J connectivity index is 2.96. The second-order valence-electron chi connectivity index (χ2n) is 3.79. The molecule has 0 atom stereocenters. The summed E-state index contributed by atoms with van der Waals surface area (Å²) in [7, 11) is 3.24. The van der Waals surface area contributed by atoms with Crippen LogP contribution in [-0.2, 0) is 13.7 Å². The van der Waals surface area contributed by atoms with E-state index < -0.39 is 5.56 Å². The number of aromatic hydroxyl groups is 1. The van der Waals surface area contributed by atoms with E-state index in [4.69, 9.17) is 0 Å². The van der Waals surface area contributed by atoms with E-state index in [0.29, 0.717) is 10.9 Å². The predicted octanol–water partition coefficient (Wildman–Crippen LogP) is -0.417. The van der Waals surface area contributed by atoms with Crippen LogP contribution in [0, 0.1) is 0 Å². The fraction of sp³-hybridized carbons (Fsp3) is 0.273. The van der Waals surface area contributed by atoms with Gasteiger partial charge in [-0.15, -0.1) is 0 Å². The lowest BCUT2D eigenvalue weighted by atomic mass is 10.2. The van der Waals surface area contributed by atoms with Crippen LogP contribution in [0.15, 0.2) is 27.8 Å². The van der Waals surface area contributed by atoms with E-state index in [-0.39, 0.29) is 18.1 Å². The number of phenols is 1. The van der Waals surface area contributed by atoms with Gasteiger partial charge in [-0.1, -0.05) is 0 Å². The Morgan fingerprint density at radius 2 is 2.06 bits per heavy atom. The van der Waals surface area contributed by atoms with Crippen LogP contribution in [0.3, 0.4) is 0 Å². The van der Waals surface area contributed by atoms with E-state index in [2.05, 4.69) is 5.32 Å². The van der Waals surface area contributed by atoms with Crippen molar-refractivity contribution in [3.8, 4) is 5.75 Å². The highest BCUT2D eigenvalue weighted by Crippen LogP contribution is 2.14. The van der Waals surface area contributed by atoms with Crippen molar-refractivity contribution in [3.63, 3.8) is 0 Å². The molecule has 90 valence electrons. The van der Waals surface area contributed by atoms with Crippen LogP contribution in [0.4, 0.5) is 0 Å². The van der Waals surface area contributed by atoms with Crippen molar-refractivity contribution in [2.45, 2.75) is 6.67 Å². The smallest absolute Gasteiger partial charge is 0.332 e. The van der Waals surface area contributed by atoms with Crippen molar-refractivity contribution >= 4 is 10.9 Å². The van der Waals surface area contributed by atoms with Crippen molar-refractivity contribution in [3.05, 3.63) is 39.0 Å². The molecule has 2 N–H and O–H groups in total. The van der Waals surface area contributed by atoms with Gasteiger partial charge in [0.25, 0.3) is 5.56 Å². The van der Waals surface area contributed by atoms with Crippen LogP contribution >= 0.6 is 0 Å². The average molecular weight is 235 g/mol. The van der Waals surface area contributed by atoms with Gasteiger partial charge >= 0.3 is 5.69 Å². The van der Waals surface area contributed by atoms with Gasteiger partial charge in [-0.25, -0.2) is 9.36 Å². The number of fused-ring (bicyclic) bond motifs is 1. The predicted molar refractivity (Wildman–Crippen MR) is 64.2 cm³/mol. The maximum atomic E-state index is 12.0. The summed E-state index contributed by atoms with van der Waals surface area (Å²) in [5, 5.41) is 12.5. The number of aryl methyl sites for hydroxylation is 1. The summed E-state index contributed by atoms with van der Waals surface area (Å²) in [6, 6.07) is 4.37. The number of nitrogens with zero attached hydrogens (tertiary/aromatic N) is 2. The van der Waals surface area contributed by atoms with Crippen LogP contribution in [-0.4, -0.2) is 21.3 Å². The molecule has 6 heteroatoms. The molecule has 2 rings (SSSR count). The summed E-state index contributed by atoms with van der Waals surface area (Å²) in [4.78, 5) is 23.9. The Morgan fingerprint density at radius 3 is 2.71 bits per heavy atom. The lowest BCUT2D eigenvalue weighted by Gasteiger charge is -2.10. The third-order valence-corrected chi connectivity index (χ3v) is 2.65. The molecule has 2 aromatic rings. The van der Waals surface area contributed by atoms with Crippen LogP contribution in [0.25, 0.3) is 10.9 Å². The van der Waals surface area contributed by atoms with Gasteiger partial charge in [-0.05, 0) is 25.2 Å². The van der Waals surface area contributed by atoms with Crippen molar-refractivity contribution in [2.75, 3.05) is 7.05 Å². The zero-order valence-electron chi connectivity index (χ0n) is 9.60. The van der Waals surface area contributed by atoms with E-state index in [1.807, 2.05) is 0 Å². The van der Waals surface area contributed by atoms with Crippen molar-refractivity contribution in [1.29, 1.82) is 0 Å². The Morgan fingerprint density at radius 1 is 1.35 bits per heavy atom. The summed E-state index contributed by atoms with van der Waals surface area (Å²) in [5.74, 6) is 0.00394. The van der Waals surface area contributed by atoms with Gasteiger partial charge in [0, 0.05) is 7.05 Å². The molecule has 0 fully saturated rings. The lowest BCUT2D eigenvalue weighted by molar-refractivity contribution is 0.475. The van der Waals surface area contributed by atoms with Gasteiger partial charge < -0.3 is 10.4 Å². The summed E-state index contributed by atoms with van der Waals surface area (Å²) in [5.41, 5.74) is -0.291. The number of benzene rings is 1. The number of aromatic nitrogens is 2. The SMILES string of the molecule is CNCn1c(=O)c2cc(O)ccc2n(C)c1=O. The lowest BCUT2D eigenvalue weighted by Crippen LogP contribution is -2.41. The minimum absolute atomic E-state index is 0.00394.